The number of hydrogen-bond donors (Lipinski definition) is 2. The van der Waals surface area contributed by atoms with E-state index in [1.54, 1.807) is 0 Å². The summed E-state index contributed by atoms with van der Waals surface area (Å²) in [5.74, 6) is 2.22. The molecule has 114 valence electrons. The van der Waals surface area contributed by atoms with Crippen LogP contribution >= 0.6 is 0 Å². The first-order valence-electron chi connectivity index (χ1n) is 7.79. The Kier molecular flexibility index (Phi) is 7.26. The summed E-state index contributed by atoms with van der Waals surface area (Å²) in [5, 5.41) is 6.52. The number of aromatic nitrogens is 3. The predicted molar refractivity (Wildman–Crippen MR) is 85.2 cm³/mol. The van der Waals surface area contributed by atoms with Crippen molar-refractivity contribution in [2.24, 2.45) is 0 Å². The smallest absolute Gasteiger partial charge is 0.227 e. The minimum atomic E-state index is 0.317. The second-order valence-electron chi connectivity index (χ2n) is 5.81. The highest BCUT2D eigenvalue weighted by Gasteiger charge is 2.08. The Morgan fingerprint density at radius 3 is 1.80 bits per heavy atom. The third kappa shape index (κ3) is 6.68. The summed E-state index contributed by atoms with van der Waals surface area (Å²) in [6.45, 7) is 10.6. The fourth-order valence-corrected chi connectivity index (χ4v) is 1.89. The molecular formula is C15H29N5. The summed E-state index contributed by atoms with van der Waals surface area (Å²) in [7, 11) is 0. The van der Waals surface area contributed by atoms with Crippen molar-refractivity contribution in [2.45, 2.75) is 78.8 Å². The zero-order chi connectivity index (χ0) is 15.0. The molecule has 0 saturated carbocycles. The molecule has 0 fully saturated rings. The van der Waals surface area contributed by atoms with Crippen molar-refractivity contribution >= 4 is 11.9 Å². The summed E-state index contributed by atoms with van der Waals surface area (Å²) < 4.78 is 0. The van der Waals surface area contributed by atoms with Crippen molar-refractivity contribution in [3.05, 3.63) is 5.82 Å². The van der Waals surface area contributed by atoms with Gasteiger partial charge in [0, 0.05) is 18.5 Å². The Labute approximate surface area is 123 Å². The Morgan fingerprint density at radius 2 is 1.35 bits per heavy atom. The molecule has 0 radical (unpaired) electrons. The monoisotopic (exact) mass is 279 g/mol. The molecule has 5 nitrogen and oxygen atoms in total. The standard InChI is InChI=1S/C15H29N5/c1-6-7-8-9-10-13-18-14(16-11(2)3)20-15(19-13)17-12(4)5/h11-12H,6-10H2,1-5H3,(H2,16,17,18,19,20). The summed E-state index contributed by atoms with van der Waals surface area (Å²) >= 11 is 0. The molecule has 0 amide bonds. The van der Waals surface area contributed by atoms with Crippen LogP contribution in [0.3, 0.4) is 0 Å². The lowest BCUT2D eigenvalue weighted by Crippen LogP contribution is -2.18. The van der Waals surface area contributed by atoms with Gasteiger partial charge >= 0.3 is 0 Å². The minimum Gasteiger partial charge on any atom is -0.352 e. The summed E-state index contributed by atoms with van der Waals surface area (Å²) in [6.07, 6.45) is 5.82. The first kappa shape index (κ1) is 16.7. The maximum absolute atomic E-state index is 4.51. The second kappa shape index (κ2) is 8.72. The zero-order valence-electron chi connectivity index (χ0n) is 13.5. The molecule has 0 atom stereocenters. The van der Waals surface area contributed by atoms with E-state index < -0.39 is 0 Å². The van der Waals surface area contributed by atoms with Crippen molar-refractivity contribution in [3.8, 4) is 0 Å². The van der Waals surface area contributed by atoms with Crippen LogP contribution in [0.4, 0.5) is 11.9 Å². The molecule has 1 heterocycles. The third-order valence-electron chi connectivity index (χ3n) is 2.77. The van der Waals surface area contributed by atoms with Crippen LogP contribution in [0.15, 0.2) is 0 Å². The Hall–Kier alpha value is -1.39. The maximum atomic E-state index is 4.51. The molecule has 0 aliphatic heterocycles. The lowest BCUT2D eigenvalue weighted by Gasteiger charge is -2.13. The molecule has 0 bridgehead atoms. The summed E-state index contributed by atoms with van der Waals surface area (Å²) in [6, 6.07) is 0.634. The molecule has 20 heavy (non-hydrogen) atoms. The first-order chi connectivity index (χ1) is 9.51. The van der Waals surface area contributed by atoms with Gasteiger partial charge in [-0.3, -0.25) is 0 Å². The van der Waals surface area contributed by atoms with E-state index in [2.05, 4.69) is 60.2 Å². The van der Waals surface area contributed by atoms with E-state index in [0.717, 1.165) is 18.7 Å². The highest BCUT2D eigenvalue weighted by molar-refractivity contribution is 5.35. The van der Waals surface area contributed by atoms with Crippen molar-refractivity contribution < 1.29 is 0 Å². The lowest BCUT2D eigenvalue weighted by molar-refractivity contribution is 0.650. The van der Waals surface area contributed by atoms with E-state index in [4.69, 9.17) is 0 Å². The van der Waals surface area contributed by atoms with Crippen LogP contribution < -0.4 is 10.6 Å². The van der Waals surface area contributed by atoms with Gasteiger partial charge in [0.15, 0.2) is 0 Å². The molecule has 0 unspecified atom stereocenters. The van der Waals surface area contributed by atoms with E-state index in [0.29, 0.717) is 24.0 Å². The van der Waals surface area contributed by atoms with Crippen molar-refractivity contribution in [2.75, 3.05) is 10.6 Å². The van der Waals surface area contributed by atoms with E-state index in [-0.39, 0.29) is 0 Å². The molecule has 0 spiro atoms. The van der Waals surface area contributed by atoms with E-state index >= 15 is 0 Å². The number of nitrogens with one attached hydrogen (secondary N) is 2. The highest BCUT2D eigenvalue weighted by Crippen LogP contribution is 2.11. The molecule has 1 aromatic rings. The number of nitrogens with zero attached hydrogens (tertiary/aromatic N) is 3. The van der Waals surface area contributed by atoms with Crippen LogP contribution in [0.5, 0.6) is 0 Å². The molecule has 0 aliphatic carbocycles. The minimum absolute atomic E-state index is 0.317. The predicted octanol–water partition coefficient (Wildman–Crippen LogP) is 3.64. The number of hydrogen-bond acceptors (Lipinski definition) is 5. The van der Waals surface area contributed by atoms with Gasteiger partial charge in [0.25, 0.3) is 0 Å². The summed E-state index contributed by atoms with van der Waals surface area (Å²) in [4.78, 5) is 13.4. The fraction of sp³-hybridized carbons (Fsp3) is 0.800. The molecule has 5 heteroatoms. The van der Waals surface area contributed by atoms with Gasteiger partial charge in [-0.1, -0.05) is 26.2 Å². The Bertz CT molecular complexity index is 362. The molecular weight excluding hydrogens is 250 g/mol. The average Bonchev–Trinajstić information content (AvgIpc) is 2.32. The van der Waals surface area contributed by atoms with Gasteiger partial charge < -0.3 is 10.6 Å². The number of anilines is 2. The Morgan fingerprint density at radius 1 is 0.800 bits per heavy atom. The Balaban J connectivity index is 2.74. The van der Waals surface area contributed by atoms with Gasteiger partial charge in [-0.05, 0) is 34.1 Å². The average molecular weight is 279 g/mol. The van der Waals surface area contributed by atoms with Crippen LogP contribution in [0.25, 0.3) is 0 Å². The summed E-state index contributed by atoms with van der Waals surface area (Å²) in [5.41, 5.74) is 0. The number of rotatable bonds is 9. The van der Waals surface area contributed by atoms with E-state index in [1.807, 2.05) is 0 Å². The molecule has 1 rings (SSSR count). The van der Waals surface area contributed by atoms with Crippen molar-refractivity contribution in [3.63, 3.8) is 0 Å². The highest BCUT2D eigenvalue weighted by atomic mass is 15.2. The SMILES string of the molecule is CCCCCCc1nc(NC(C)C)nc(NC(C)C)n1. The third-order valence-corrected chi connectivity index (χ3v) is 2.77. The van der Waals surface area contributed by atoms with Crippen LogP contribution in [0.1, 0.15) is 66.1 Å². The second-order valence-corrected chi connectivity index (χ2v) is 5.81. The maximum Gasteiger partial charge on any atom is 0.227 e. The number of aryl methyl sites for hydroxylation is 1. The van der Waals surface area contributed by atoms with Gasteiger partial charge in [-0.2, -0.15) is 15.0 Å². The topological polar surface area (TPSA) is 62.7 Å². The molecule has 0 aromatic carbocycles. The normalized spacial score (nSPS) is 11.2. The molecule has 0 saturated heterocycles. The van der Waals surface area contributed by atoms with Gasteiger partial charge in [0.1, 0.15) is 5.82 Å². The van der Waals surface area contributed by atoms with Crippen LogP contribution in [0, 0.1) is 0 Å². The van der Waals surface area contributed by atoms with E-state index in [9.17, 15) is 0 Å². The lowest BCUT2D eigenvalue weighted by atomic mass is 10.1. The molecule has 0 aliphatic rings. The van der Waals surface area contributed by atoms with Crippen LogP contribution in [-0.2, 0) is 6.42 Å². The van der Waals surface area contributed by atoms with Crippen LogP contribution in [0.2, 0.25) is 0 Å². The van der Waals surface area contributed by atoms with Gasteiger partial charge in [0.2, 0.25) is 11.9 Å². The zero-order valence-corrected chi connectivity index (χ0v) is 13.5. The fourth-order valence-electron chi connectivity index (χ4n) is 1.89. The van der Waals surface area contributed by atoms with Crippen molar-refractivity contribution in [1.29, 1.82) is 0 Å². The quantitative estimate of drug-likeness (QED) is 0.676. The first-order valence-corrected chi connectivity index (χ1v) is 7.79. The van der Waals surface area contributed by atoms with Gasteiger partial charge in [-0.25, -0.2) is 0 Å². The largest absolute Gasteiger partial charge is 0.352 e. The van der Waals surface area contributed by atoms with Crippen molar-refractivity contribution in [1.82, 2.24) is 15.0 Å². The molecule has 1 aromatic heterocycles. The van der Waals surface area contributed by atoms with Gasteiger partial charge in [0.05, 0.1) is 0 Å². The molecule has 2 N–H and O–H groups in total. The number of unbranched alkanes of at least 4 members (excludes halogenated alkanes) is 3. The van der Waals surface area contributed by atoms with E-state index in [1.165, 1.54) is 19.3 Å². The van der Waals surface area contributed by atoms with Gasteiger partial charge in [-0.15, -0.1) is 0 Å². The van der Waals surface area contributed by atoms with Crippen LogP contribution in [-0.4, -0.2) is 27.0 Å².